The van der Waals surface area contributed by atoms with Crippen molar-refractivity contribution in [3.8, 4) is 0 Å². The minimum atomic E-state index is 0. The Morgan fingerprint density at radius 2 is 2.16 bits per heavy atom. The molecule has 2 heterocycles. The number of nitrogens with one attached hydrogen (secondary N) is 2. The fraction of sp³-hybridized carbons (Fsp3) is 0.611. The number of guanidine groups is 1. The van der Waals surface area contributed by atoms with E-state index in [0.29, 0.717) is 6.04 Å². The van der Waals surface area contributed by atoms with Crippen molar-refractivity contribution >= 4 is 47.2 Å². The summed E-state index contributed by atoms with van der Waals surface area (Å²) in [4.78, 5) is 6.73. The average Bonchev–Trinajstić information content (AvgIpc) is 2.57. The van der Waals surface area contributed by atoms with Crippen molar-refractivity contribution in [2.24, 2.45) is 10.4 Å². The number of aliphatic imine (C=N–C) groups is 1. The molecule has 2 fully saturated rings. The summed E-state index contributed by atoms with van der Waals surface area (Å²) in [5, 5.41) is 7.82. The molecule has 2 N–H and O–H groups in total. The molecule has 0 spiro atoms. The number of hydrogen-bond acceptors (Lipinski definition) is 3. The second-order valence-electron chi connectivity index (χ2n) is 7.11. The third-order valence-corrected chi connectivity index (χ3v) is 5.08. The maximum atomic E-state index is 6.35. The van der Waals surface area contributed by atoms with E-state index in [4.69, 9.17) is 16.3 Å². The van der Waals surface area contributed by atoms with Gasteiger partial charge >= 0.3 is 0 Å². The number of piperidine rings is 1. The van der Waals surface area contributed by atoms with Crippen molar-refractivity contribution in [2.45, 2.75) is 25.8 Å². The zero-order valence-electron chi connectivity index (χ0n) is 14.9. The lowest BCUT2D eigenvalue weighted by molar-refractivity contribution is -0.0971. The van der Waals surface area contributed by atoms with Crippen molar-refractivity contribution in [1.82, 2.24) is 10.6 Å². The Bertz CT molecular complexity index is 594. The Kier molecular flexibility index (Phi) is 7.64. The minimum Gasteiger partial charge on any atom is -0.380 e. The summed E-state index contributed by atoms with van der Waals surface area (Å²) in [6.45, 7) is 6.74. The molecule has 140 valence electrons. The Morgan fingerprint density at radius 3 is 2.80 bits per heavy atom. The lowest BCUT2D eigenvalue weighted by atomic mass is 9.89. The average molecular weight is 479 g/mol. The summed E-state index contributed by atoms with van der Waals surface area (Å²) in [5.74, 6) is 0.870. The number of ether oxygens (including phenoxy) is 1. The topological polar surface area (TPSA) is 48.9 Å². The van der Waals surface area contributed by atoms with Gasteiger partial charge in [-0.15, -0.1) is 24.0 Å². The number of nitrogens with zero attached hydrogens (tertiary/aromatic N) is 2. The van der Waals surface area contributed by atoms with Crippen LogP contribution in [0.1, 0.15) is 19.8 Å². The number of anilines is 1. The van der Waals surface area contributed by atoms with E-state index in [9.17, 15) is 0 Å². The van der Waals surface area contributed by atoms with Gasteiger partial charge in [0.1, 0.15) is 0 Å². The summed E-state index contributed by atoms with van der Waals surface area (Å²) >= 11 is 6.35. The first-order chi connectivity index (χ1) is 11.6. The standard InChI is InChI=1S/C18H27ClN4O.HI/c1-18(12-24-13-18)11-21-17(20-2)22-14-6-5-9-23(10-14)16-8-4-3-7-15(16)19;/h3-4,7-8,14H,5-6,9-13H2,1-2H3,(H2,20,21,22);1H. The van der Waals surface area contributed by atoms with Crippen LogP contribution < -0.4 is 15.5 Å². The van der Waals surface area contributed by atoms with Crippen LogP contribution in [-0.2, 0) is 4.74 Å². The van der Waals surface area contributed by atoms with Crippen LogP contribution >= 0.6 is 35.6 Å². The molecule has 0 aliphatic carbocycles. The van der Waals surface area contributed by atoms with Gasteiger partial charge in [-0.25, -0.2) is 0 Å². The highest BCUT2D eigenvalue weighted by molar-refractivity contribution is 14.0. The molecule has 7 heteroatoms. The first-order valence-corrected chi connectivity index (χ1v) is 9.02. The van der Waals surface area contributed by atoms with Crippen molar-refractivity contribution in [3.63, 3.8) is 0 Å². The molecule has 2 saturated heterocycles. The van der Waals surface area contributed by atoms with Gasteiger partial charge in [-0.1, -0.05) is 30.7 Å². The monoisotopic (exact) mass is 478 g/mol. The van der Waals surface area contributed by atoms with Crippen LogP contribution in [0, 0.1) is 5.41 Å². The summed E-state index contributed by atoms with van der Waals surface area (Å²) in [7, 11) is 1.82. The van der Waals surface area contributed by atoms with E-state index in [1.807, 2.05) is 25.2 Å². The van der Waals surface area contributed by atoms with E-state index in [0.717, 1.165) is 62.4 Å². The highest BCUT2D eigenvalue weighted by Gasteiger charge is 2.33. The van der Waals surface area contributed by atoms with E-state index < -0.39 is 0 Å². The minimum absolute atomic E-state index is 0. The Balaban J connectivity index is 0.00000225. The number of hydrogen-bond donors (Lipinski definition) is 2. The van der Waals surface area contributed by atoms with Gasteiger partial charge in [0.25, 0.3) is 0 Å². The Labute approximate surface area is 172 Å². The van der Waals surface area contributed by atoms with Gasteiger partial charge in [-0.3, -0.25) is 4.99 Å². The zero-order chi connectivity index (χ0) is 17.0. The van der Waals surface area contributed by atoms with Gasteiger partial charge in [0, 0.05) is 38.1 Å². The number of halogens is 2. The quantitative estimate of drug-likeness (QED) is 0.397. The normalized spacial score (nSPS) is 22.6. The van der Waals surface area contributed by atoms with E-state index in [1.165, 1.54) is 0 Å². The summed E-state index contributed by atoms with van der Waals surface area (Å²) in [6, 6.07) is 8.43. The zero-order valence-corrected chi connectivity index (χ0v) is 18.0. The fourth-order valence-electron chi connectivity index (χ4n) is 3.26. The maximum Gasteiger partial charge on any atom is 0.191 e. The number of benzene rings is 1. The van der Waals surface area contributed by atoms with E-state index >= 15 is 0 Å². The largest absolute Gasteiger partial charge is 0.380 e. The fourth-order valence-corrected chi connectivity index (χ4v) is 3.51. The number of rotatable bonds is 4. The summed E-state index contributed by atoms with van der Waals surface area (Å²) in [6.07, 6.45) is 2.29. The maximum absolute atomic E-state index is 6.35. The van der Waals surface area contributed by atoms with Crippen molar-refractivity contribution in [1.29, 1.82) is 0 Å². The highest BCUT2D eigenvalue weighted by atomic mass is 127. The molecular formula is C18H28ClIN4O. The predicted octanol–water partition coefficient (Wildman–Crippen LogP) is 3.13. The molecule has 0 saturated carbocycles. The van der Waals surface area contributed by atoms with Gasteiger partial charge in [-0.05, 0) is 25.0 Å². The molecule has 3 rings (SSSR count). The van der Waals surface area contributed by atoms with E-state index in [2.05, 4.69) is 33.5 Å². The molecule has 1 aromatic carbocycles. The summed E-state index contributed by atoms with van der Waals surface area (Å²) < 4.78 is 5.31. The van der Waals surface area contributed by atoms with Crippen LogP contribution in [0.25, 0.3) is 0 Å². The van der Waals surface area contributed by atoms with Gasteiger partial charge in [0.05, 0.1) is 23.9 Å². The lowest BCUT2D eigenvalue weighted by Crippen LogP contribution is -2.55. The smallest absolute Gasteiger partial charge is 0.191 e. The third-order valence-electron chi connectivity index (χ3n) is 4.76. The van der Waals surface area contributed by atoms with Gasteiger partial charge in [-0.2, -0.15) is 0 Å². The Morgan fingerprint density at radius 1 is 1.40 bits per heavy atom. The predicted molar refractivity (Wildman–Crippen MR) is 116 cm³/mol. The van der Waals surface area contributed by atoms with Gasteiger partial charge in [0.2, 0.25) is 0 Å². The molecule has 1 atom stereocenters. The van der Waals surface area contributed by atoms with Crippen LogP contribution in [0.4, 0.5) is 5.69 Å². The second kappa shape index (κ2) is 9.28. The van der Waals surface area contributed by atoms with Crippen LogP contribution in [0.5, 0.6) is 0 Å². The molecule has 1 aromatic rings. The van der Waals surface area contributed by atoms with Crippen LogP contribution in [-0.4, -0.2) is 51.9 Å². The first-order valence-electron chi connectivity index (χ1n) is 8.64. The highest BCUT2D eigenvalue weighted by Crippen LogP contribution is 2.28. The second-order valence-corrected chi connectivity index (χ2v) is 7.52. The van der Waals surface area contributed by atoms with Crippen LogP contribution in [0.3, 0.4) is 0 Å². The molecule has 0 aromatic heterocycles. The molecule has 0 radical (unpaired) electrons. The van der Waals surface area contributed by atoms with Gasteiger partial charge < -0.3 is 20.3 Å². The molecule has 2 aliphatic rings. The molecule has 0 bridgehead atoms. The molecular weight excluding hydrogens is 451 g/mol. The SMILES string of the molecule is CN=C(NCC1(C)COC1)NC1CCCN(c2ccccc2Cl)C1.I. The number of para-hydroxylation sites is 1. The van der Waals surface area contributed by atoms with Crippen molar-refractivity contribution in [3.05, 3.63) is 29.3 Å². The molecule has 0 amide bonds. The van der Waals surface area contributed by atoms with Crippen molar-refractivity contribution in [2.75, 3.05) is 44.8 Å². The van der Waals surface area contributed by atoms with Crippen molar-refractivity contribution < 1.29 is 4.74 Å². The summed E-state index contributed by atoms with van der Waals surface area (Å²) in [5.41, 5.74) is 1.35. The first kappa shape index (κ1) is 20.6. The third kappa shape index (κ3) is 5.37. The Hall–Kier alpha value is -0.730. The molecule has 5 nitrogen and oxygen atoms in total. The van der Waals surface area contributed by atoms with E-state index in [1.54, 1.807) is 0 Å². The molecule has 25 heavy (non-hydrogen) atoms. The van der Waals surface area contributed by atoms with E-state index in [-0.39, 0.29) is 29.4 Å². The van der Waals surface area contributed by atoms with Crippen LogP contribution in [0.15, 0.2) is 29.3 Å². The molecule has 1 unspecified atom stereocenters. The lowest BCUT2D eigenvalue weighted by Gasteiger charge is -2.39. The molecule has 2 aliphatic heterocycles. The van der Waals surface area contributed by atoms with Gasteiger partial charge in [0.15, 0.2) is 5.96 Å². The van der Waals surface area contributed by atoms with Crippen LogP contribution in [0.2, 0.25) is 5.02 Å².